The Kier molecular flexibility index (Phi) is 4.62. The summed E-state index contributed by atoms with van der Waals surface area (Å²) >= 11 is 0. The maximum absolute atomic E-state index is 5.85. The average Bonchev–Trinajstić information content (AvgIpc) is 2.39. The molecule has 94 valence electrons. The smallest absolute Gasteiger partial charge is 0.0852 e. The van der Waals surface area contributed by atoms with Crippen LogP contribution in [0.4, 0.5) is 0 Å². The van der Waals surface area contributed by atoms with Crippen LogP contribution < -0.4 is 5.32 Å². The molecule has 1 heterocycles. The van der Waals surface area contributed by atoms with Gasteiger partial charge in [-0.3, -0.25) is 4.90 Å². The molecule has 2 aliphatic rings. The van der Waals surface area contributed by atoms with Crippen molar-refractivity contribution in [1.29, 1.82) is 0 Å². The van der Waals surface area contributed by atoms with Gasteiger partial charge >= 0.3 is 0 Å². The van der Waals surface area contributed by atoms with Gasteiger partial charge in [-0.2, -0.15) is 0 Å². The molecule has 2 fully saturated rings. The van der Waals surface area contributed by atoms with Gasteiger partial charge in [0.2, 0.25) is 0 Å². The van der Waals surface area contributed by atoms with E-state index >= 15 is 0 Å². The summed E-state index contributed by atoms with van der Waals surface area (Å²) in [6, 6.07) is 1.32. The van der Waals surface area contributed by atoms with Crippen LogP contribution in [0.25, 0.3) is 0 Å². The standard InChI is InChI=1S/C13H26N2O/c1-11(13-10-14-8-9-16-13)15(2)12-6-4-3-5-7-12/h11-14H,3-10H2,1-2H3. The summed E-state index contributed by atoms with van der Waals surface area (Å²) in [5, 5.41) is 3.42. The van der Waals surface area contributed by atoms with Gasteiger partial charge in [-0.1, -0.05) is 19.3 Å². The maximum atomic E-state index is 5.85. The molecule has 0 aromatic carbocycles. The third-order valence-corrected chi connectivity index (χ3v) is 4.29. The Hall–Kier alpha value is -0.120. The van der Waals surface area contributed by atoms with Crippen molar-refractivity contribution in [1.82, 2.24) is 10.2 Å². The lowest BCUT2D eigenvalue weighted by molar-refractivity contribution is -0.0331. The van der Waals surface area contributed by atoms with Gasteiger partial charge < -0.3 is 10.1 Å². The van der Waals surface area contributed by atoms with Crippen LogP contribution in [0.1, 0.15) is 39.0 Å². The minimum Gasteiger partial charge on any atom is -0.374 e. The Morgan fingerprint density at radius 3 is 2.62 bits per heavy atom. The molecule has 1 aliphatic heterocycles. The van der Waals surface area contributed by atoms with Crippen molar-refractivity contribution in [3.63, 3.8) is 0 Å². The number of nitrogens with one attached hydrogen (secondary N) is 1. The predicted octanol–water partition coefficient (Wildman–Crippen LogP) is 1.63. The number of rotatable bonds is 3. The molecular weight excluding hydrogens is 200 g/mol. The Morgan fingerprint density at radius 2 is 2.00 bits per heavy atom. The van der Waals surface area contributed by atoms with Crippen LogP contribution in [-0.2, 0) is 4.74 Å². The fraction of sp³-hybridized carbons (Fsp3) is 1.00. The van der Waals surface area contributed by atoms with Gasteiger partial charge in [-0.05, 0) is 26.8 Å². The lowest BCUT2D eigenvalue weighted by Crippen LogP contribution is -2.52. The Morgan fingerprint density at radius 1 is 1.25 bits per heavy atom. The highest BCUT2D eigenvalue weighted by Crippen LogP contribution is 2.24. The summed E-state index contributed by atoms with van der Waals surface area (Å²) in [5.74, 6) is 0. The zero-order valence-corrected chi connectivity index (χ0v) is 10.7. The summed E-state index contributed by atoms with van der Waals surface area (Å²) in [6.07, 6.45) is 7.37. The van der Waals surface area contributed by atoms with Gasteiger partial charge in [-0.25, -0.2) is 0 Å². The first-order valence-electron chi connectivity index (χ1n) is 6.83. The van der Waals surface area contributed by atoms with E-state index in [1.54, 1.807) is 0 Å². The average molecular weight is 226 g/mol. The van der Waals surface area contributed by atoms with E-state index in [0.717, 1.165) is 25.7 Å². The molecule has 2 atom stereocenters. The Balaban J connectivity index is 1.84. The molecule has 1 saturated heterocycles. The van der Waals surface area contributed by atoms with Crippen molar-refractivity contribution in [2.75, 3.05) is 26.7 Å². The summed E-state index contributed by atoms with van der Waals surface area (Å²) in [5.41, 5.74) is 0. The fourth-order valence-electron chi connectivity index (χ4n) is 2.98. The number of hydrogen-bond donors (Lipinski definition) is 1. The van der Waals surface area contributed by atoms with Gasteiger partial charge in [0.25, 0.3) is 0 Å². The Labute approximate surface area is 99.5 Å². The molecule has 2 rings (SSSR count). The van der Waals surface area contributed by atoms with E-state index < -0.39 is 0 Å². The Bertz CT molecular complexity index is 176. The van der Waals surface area contributed by atoms with Gasteiger partial charge in [0, 0.05) is 25.2 Å². The van der Waals surface area contributed by atoms with Crippen molar-refractivity contribution in [3.05, 3.63) is 0 Å². The van der Waals surface area contributed by atoms with Crippen LogP contribution in [0.3, 0.4) is 0 Å². The molecule has 3 heteroatoms. The fourth-order valence-corrected chi connectivity index (χ4v) is 2.98. The number of hydrogen-bond acceptors (Lipinski definition) is 3. The van der Waals surface area contributed by atoms with Crippen molar-refractivity contribution < 1.29 is 4.74 Å². The molecule has 16 heavy (non-hydrogen) atoms. The van der Waals surface area contributed by atoms with Gasteiger partial charge in [0.15, 0.2) is 0 Å². The van der Waals surface area contributed by atoms with Crippen molar-refractivity contribution in [2.45, 2.75) is 57.2 Å². The summed E-state index contributed by atoms with van der Waals surface area (Å²) < 4.78 is 5.85. The van der Waals surface area contributed by atoms with E-state index in [1.807, 2.05) is 0 Å². The van der Waals surface area contributed by atoms with Gasteiger partial charge in [0.1, 0.15) is 0 Å². The molecule has 0 radical (unpaired) electrons. The van der Waals surface area contributed by atoms with Crippen LogP contribution in [0.2, 0.25) is 0 Å². The van der Waals surface area contributed by atoms with Crippen LogP contribution in [0.5, 0.6) is 0 Å². The molecule has 0 bridgehead atoms. The minimum atomic E-state index is 0.376. The summed E-state index contributed by atoms with van der Waals surface area (Å²) in [7, 11) is 2.28. The lowest BCUT2D eigenvalue weighted by Gasteiger charge is -2.40. The molecule has 0 aromatic rings. The molecule has 1 saturated carbocycles. The van der Waals surface area contributed by atoms with Crippen LogP contribution >= 0.6 is 0 Å². The molecule has 1 aliphatic carbocycles. The SMILES string of the molecule is CC(C1CNCCO1)N(C)C1CCCCC1. The maximum Gasteiger partial charge on any atom is 0.0852 e. The quantitative estimate of drug-likeness (QED) is 0.791. The highest BCUT2D eigenvalue weighted by molar-refractivity contribution is 4.84. The first kappa shape index (κ1) is 12.3. The van der Waals surface area contributed by atoms with E-state index in [0.29, 0.717) is 12.1 Å². The highest BCUT2D eigenvalue weighted by atomic mass is 16.5. The normalized spacial score (nSPS) is 30.6. The molecule has 0 amide bonds. The van der Waals surface area contributed by atoms with Crippen LogP contribution in [0.15, 0.2) is 0 Å². The van der Waals surface area contributed by atoms with Gasteiger partial charge in [0.05, 0.1) is 12.7 Å². The molecule has 3 nitrogen and oxygen atoms in total. The number of nitrogens with zero attached hydrogens (tertiary/aromatic N) is 1. The first-order chi connectivity index (χ1) is 7.79. The molecule has 1 N–H and O–H groups in total. The monoisotopic (exact) mass is 226 g/mol. The van der Waals surface area contributed by atoms with E-state index in [4.69, 9.17) is 4.74 Å². The zero-order chi connectivity index (χ0) is 11.4. The van der Waals surface area contributed by atoms with E-state index in [2.05, 4.69) is 24.2 Å². The second-order valence-electron chi connectivity index (χ2n) is 5.31. The van der Waals surface area contributed by atoms with E-state index in [9.17, 15) is 0 Å². The number of ether oxygens (including phenoxy) is 1. The predicted molar refractivity (Wildman–Crippen MR) is 66.7 cm³/mol. The second-order valence-corrected chi connectivity index (χ2v) is 5.31. The largest absolute Gasteiger partial charge is 0.374 e. The van der Waals surface area contributed by atoms with Gasteiger partial charge in [-0.15, -0.1) is 0 Å². The summed E-state index contributed by atoms with van der Waals surface area (Å²) in [4.78, 5) is 2.55. The third kappa shape index (κ3) is 2.96. The van der Waals surface area contributed by atoms with Crippen LogP contribution in [0, 0.1) is 0 Å². The van der Waals surface area contributed by atoms with Crippen LogP contribution in [-0.4, -0.2) is 49.8 Å². The molecule has 0 aromatic heterocycles. The molecule has 2 unspecified atom stereocenters. The van der Waals surface area contributed by atoms with E-state index in [-0.39, 0.29) is 0 Å². The zero-order valence-electron chi connectivity index (χ0n) is 10.7. The summed E-state index contributed by atoms with van der Waals surface area (Å²) in [6.45, 7) is 5.20. The number of morpholine rings is 1. The van der Waals surface area contributed by atoms with Crippen molar-refractivity contribution in [2.24, 2.45) is 0 Å². The number of likely N-dealkylation sites (N-methyl/N-ethyl adjacent to an activating group) is 1. The topological polar surface area (TPSA) is 24.5 Å². The minimum absolute atomic E-state index is 0.376. The molecule has 0 spiro atoms. The first-order valence-corrected chi connectivity index (χ1v) is 6.83. The van der Waals surface area contributed by atoms with E-state index in [1.165, 1.54) is 32.1 Å². The lowest BCUT2D eigenvalue weighted by atomic mass is 9.93. The molecular formula is C13H26N2O. The third-order valence-electron chi connectivity index (χ3n) is 4.29. The second kappa shape index (κ2) is 5.99. The van der Waals surface area contributed by atoms with Crippen molar-refractivity contribution >= 4 is 0 Å². The van der Waals surface area contributed by atoms with Crippen molar-refractivity contribution in [3.8, 4) is 0 Å². The highest BCUT2D eigenvalue weighted by Gasteiger charge is 2.28.